The molecule has 1 aromatic carbocycles. The molecule has 1 heterocycles. The van der Waals surface area contributed by atoms with Crippen LogP contribution in [0, 0.1) is 23.2 Å². The molecule has 0 spiro atoms. The van der Waals surface area contributed by atoms with Crippen LogP contribution < -0.4 is 10.2 Å². The number of nitrogens with one attached hydrogen (secondary N) is 1. The molecule has 1 aromatic rings. The van der Waals surface area contributed by atoms with Crippen LogP contribution in [0.5, 0.6) is 0 Å². The maximum Gasteiger partial charge on any atom is 0.321 e. The van der Waals surface area contributed by atoms with Crippen molar-refractivity contribution in [2.75, 3.05) is 18.0 Å². The van der Waals surface area contributed by atoms with Crippen molar-refractivity contribution < 1.29 is 4.79 Å². The zero-order valence-corrected chi connectivity index (χ0v) is 13.8. The molecule has 0 saturated heterocycles. The summed E-state index contributed by atoms with van der Waals surface area (Å²) in [5.41, 5.74) is 2.83. The molecule has 23 heavy (non-hydrogen) atoms. The van der Waals surface area contributed by atoms with Gasteiger partial charge in [0, 0.05) is 18.8 Å². The second-order valence-electron chi connectivity index (χ2n) is 8.61. The predicted molar refractivity (Wildman–Crippen MR) is 91.5 cm³/mol. The molecule has 0 unspecified atom stereocenters. The summed E-state index contributed by atoms with van der Waals surface area (Å²) in [5.74, 6) is 2.85. The molecule has 5 aliphatic rings. The summed E-state index contributed by atoms with van der Waals surface area (Å²) >= 11 is 0. The van der Waals surface area contributed by atoms with Crippen molar-refractivity contribution in [1.82, 2.24) is 5.32 Å². The molecule has 3 heteroatoms. The van der Waals surface area contributed by atoms with Gasteiger partial charge in [0.15, 0.2) is 0 Å². The third-order valence-corrected chi connectivity index (χ3v) is 6.91. The van der Waals surface area contributed by atoms with Crippen LogP contribution >= 0.6 is 0 Å². The Balaban J connectivity index is 1.27. The Morgan fingerprint density at radius 1 is 1.09 bits per heavy atom. The molecule has 4 bridgehead atoms. The first kappa shape index (κ1) is 13.9. The van der Waals surface area contributed by atoms with Crippen molar-refractivity contribution in [3.63, 3.8) is 0 Å². The summed E-state index contributed by atoms with van der Waals surface area (Å²) in [6, 6.07) is 8.43. The summed E-state index contributed by atoms with van der Waals surface area (Å²) < 4.78 is 0. The Morgan fingerprint density at radius 2 is 1.74 bits per heavy atom. The van der Waals surface area contributed by atoms with Crippen molar-refractivity contribution in [3.8, 4) is 0 Å². The highest BCUT2D eigenvalue weighted by Gasteiger charge is 2.50. The van der Waals surface area contributed by atoms with Crippen LogP contribution in [-0.2, 0) is 6.42 Å². The van der Waals surface area contributed by atoms with E-state index in [1.807, 2.05) is 11.0 Å². The number of hydrogen-bond acceptors (Lipinski definition) is 1. The molecule has 4 fully saturated rings. The van der Waals surface area contributed by atoms with Crippen molar-refractivity contribution in [3.05, 3.63) is 29.8 Å². The van der Waals surface area contributed by atoms with Crippen LogP contribution in [0.1, 0.15) is 44.1 Å². The summed E-state index contributed by atoms with van der Waals surface area (Å²) in [7, 11) is 0. The number of para-hydroxylation sites is 1. The lowest BCUT2D eigenvalue weighted by Gasteiger charge is -2.57. The molecular formula is C20H26N2O. The Bertz CT molecular complexity index is 603. The fraction of sp³-hybridized carbons (Fsp3) is 0.650. The number of fused-ring (bicyclic) bond motifs is 1. The molecule has 0 atom stereocenters. The van der Waals surface area contributed by atoms with E-state index in [1.165, 1.54) is 44.1 Å². The first-order valence-electron chi connectivity index (χ1n) is 9.34. The van der Waals surface area contributed by atoms with E-state index in [-0.39, 0.29) is 6.03 Å². The fourth-order valence-corrected chi connectivity index (χ4v) is 6.41. The van der Waals surface area contributed by atoms with Crippen LogP contribution in [0.3, 0.4) is 0 Å². The number of urea groups is 1. The number of hydrogen-bond donors (Lipinski definition) is 1. The zero-order chi connectivity index (χ0) is 15.4. The van der Waals surface area contributed by atoms with E-state index < -0.39 is 0 Å². The van der Waals surface area contributed by atoms with E-state index in [0.29, 0.717) is 5.41 Å². The number of carbonyl (C=O) groups excluding carboxylic acids is 1. The molecule has 4 aliphatic carbocycles. The molecule has 0 aromatic heterocycles. The van der Waals surface area contributed by atoms with Crippen molar-refractivity contribution in [1.29, 1.82) is 0 Å². The van der Waals surface area contributed by atoms with Crippen LogP contribution in [0.2, 0.25) is 0 Å². The Morgan fingerprint density at radius 3 is 2.43 bits per heavy atom. The SMILES string of the molecule is O=C(NCC12CC3CC(CC(C3)C1)C2)N1CCc2ccccc21. The molecule has 1 aliphatic heterocycles. The lowest BCUT2D eigenvalue weighted by molar-refractivity contribution is -0.0497. The van der Waals surface area contributed by atoms with Crippen LogP contribution in [0.25, 0.3) is 0 Å². The Kier molecular flexibility index (Phi) is 3.01. The largest absolute Gasteiger partial charge is 0.337 e. The first-order chi connectivity index (χ1) is 11.2. The second-order valence-corrected chi connectivity index (χ2v) is 8.61. The van der Waals surface area contributed by atoms with Gasteiger partial charge >= 0.3 is 6.03 Å². The third kappa shape index (κ3) is 2.28. The Hall–Kier alpha value is -1.51. The van der Waals surface area contributed by atoms with E-state index in [0.717, 1.165) is 43.0 Å². The Labute approximate surface area is 138 Å². The molecular weight excluding hydrogens is 284 g/mol. The van der Waals surface area contributed by atoms with Gasteiger partial charge in [0.2, 0.25) is 0 Å². The molecule has 2 amide bonds. The van der Waals surface area contributed by atoms with Gasteiger partial charge in [0.25, 0.3) is 0 Å². The smallest absolute Gasteiger partial charge is 0.321 e. The van der Waals surface area contributed by atoms with Crippen LogP contribution in [-0.4, -0.2) is 19.1 Å². The molecule has 3 nitrogen and oxygen atoms in total. The molecule has 122 valence electrons. The van der Waals surface area contributed by atoms with Gasteiger partial charge in [-0.15, -0.1) is 0 Å². The third-order valence-electron chi connectivity index (χ3n) is 6.91. The second kappa shape index (κ2) is 4.99. The number of nitrogens with zero attached hydrogens (tertiary/aromatic N) is 1. The minimum Gasteiger partial charge on any atom is -0.337 e. The summed E-state index contributed by atoms with van der Waals surface area (Å²) in [6.07, 6.45) is 9.45. The number of anilines is 1. The monoisotopic (exact) mass is 310 g/mol. The average molecular weight is 310 g/mol. The van der Waals surface area contributed by atoms with Gasteiger partial charge in [0.05, 0.1) is 0 Å². The van der Waals surface area contributed by atoms with Gasteiger partial charge in [-0.1, -0.05) is 18.2 Å². The van der Waals surface area contributed by atoms with E-state index in [2.05, 4.69) is 23.5 Å². The molecule has 1 N–H and O–H groups in total. The number of rotatable bonds is 2. The zero-order valence-electron chi connectivity index (χ0n) is 13.8. The predicted octanol–water partition coefficient (Wildman–Crippen LogP) is 3.98. The van der Waals surface area contributed by atoms with Crippen molar-refractivity contribution >= 4 is 11.7 Å². The summed E-state index contributed by atoms with van der Waals surface area (Å²) in [5, 5.41) is 3.31. The minimum absolute atomic E-state index is 0.116. The lowest BCUT2D eigenvalue weighted by Crippen LogP contribution is -2.52. The topological polar surface area (TPSA) is 32.3 Å². The average Bonchev–Trinajstić information content (AvgIpc) is 2.95. The summed E-state index contributed by atoms with van der Waals surface area (Å²) in [4.78, 5) is 14.7. The van der Waals surface area contributed by atoms with Gasteiger partial charge in [-0.2, -0.15) is 0 Å². The van der Waals surface area contributed by atoms with E-state index in [1.54, 1.807) is 0 Å². The van der Waals surface area contributed by atoms with Crippen LogP contribution in [0.15, 0.2) is 24.3 Å². The first-order valence-corrected chi connectivity index (χ1v) is 9.34. The van der Waals surface area contributed by atoms with E-state index in [9.17, 15) is 4.79 Å². The number of benzene rings is 1. The van der Waals surface area contributed by atoms with Gasteiger partial charge in [0.1, 0.15) is 0 Å². The maximum atomic E-state index is 12.7. The van der Waals surface area contributed by atoms with E-state index in [4.69, 9.17) is 0 Å². The standard InChI is InChI=1S/C20H26N2O/c23-19(22-6-5-17-3-1-2-4-18(17)22)21-13-20-10-14-7-15(11-20)9-16(8-14)12-20/h1-4,14-16H,5-13H2,(H,21,23). The highest BCUT2D eigenvalue weighted by molar-refractivity contribution is 5.94. The summed E-state index contributed by atoms with van der Waals surface area (Å²) in [6.45, 7) is 1.72. The van der Waals surface area contributed by atoms with Crippen molar-refractivity contribution in [2.24, 2.45) is 23.2 Å². The van der Waals surface area contributed by atoms with Gasteiger partial charge in [-0.05, 0) is 79.7 Å². The molecule has 6 rings (SSSR count). The van der Waals surface area contributed by atoms with Gasteiger partial charge < -0.3 is 5.32 Å². The highest BCUT2D eigenvalue weighted by atomic mass is 16.2. The minimum atomic E-state index is 0.116. The maximum absolute atomic E-state index is 12.7. The quantitative estimate of drug-likeness (QED) is 0.880. The van der Waals surface area contributed by atoms with Crippen molar-refractivity contribution in [2.45, 2.75) is 44.9 Å². The fourth-order valence-electron chi connectivity index (χ4n) is 6.41. The number of amides is 2. The lowest BCUT2D eigenvalue weighted by atomic mass is 9.49. The van der Waals surface area contributed by atoms with E-state index >= 15 is 0 Å². The van der Waals surface area contributed by atoms with Gasteiger partial charge in [-0.25, -0.2) is 4.79 Å². The molecule has 0 radical (unpaired) electrons. The van der Waals surface area contributed by atoms with Gasteiger partial charge in [-0.3, -0.25) is 4.90 Å². The number of carbonyl (C=O) groups is 1. The highest BCUT2D eigenvalue weighted by Crippen LogP contribution is 2.59. The normalized spacial score (nSPS) is 37.0. The van der Waals surface area contributed by atoms with Crippen LogP contribution in [0.4, 0.5) is 10.5 Å². The molecule has 4 saturated carbocycles.